The van der Waals surface area contributed by atoms with Crippen LogP contribution in [0.2, 0.25) is 0 Å². The molecular formula is C19H20ClN5OS. The van der Waals surface area contributed by atoms with Crippen molar-refractivity contribution in [1.29, 1.82) is 0 Å². The minimum Gasteiger partial charge on any atom is -0.349 e. The number of carbonyl (C=O) groups is 1. The number of nitrogens with one attached hydrogen (secondary N) is 2. The molecule has 140 valence electrons. The van der Waals surface area contributed by atoms with Crippen LogP contribution in [-0.4, -0.2) is 33.9 Å². The van der Waals surface area contributed by atoms with E-state index < -0.39 is 0 Å². The molecule has 0 saturated heterocycles. The number of hydrogen-bond donors (Lipinski definition) is 2. The minimum atomic E-state index is -0.105. The van der Waals surface area contributed by atoms with Gasteiger partial charge in [-0.05, 0) is 37.1 Å². The maximum atomic E-state index is 12.7. The predicted octanol–water partition coefficient (Wildman–Crippen LogP) is 2.95. The van der Waals surface area contributed by atoms with Gasteiger partial charge in [0.25, 0.3) is 5.91 Å². The number of hydrogen-bond acceptors (Lipinski definition) is 6. The molecule has 1 aromatic carbocycles. The van der Waals surface area contributed by atoms with Crippen LogP contribution in [-0.2, 0) is 6.42 Å². The van der Waals surface area contributed by atoms with Crippen molar-refractivity contribution in [2.24, 2.45) is 0 Å². The number of carbonyl (C=O) groups excluding carboxylic acids is 1. The lowest BCUT2D eigenvalue weighted by molar-refractivity contribution is 0.0952. The monoisotopic (exact) mass is 401 g/mol. The van der Waals surface area contributed by atoms with Gasteiger partial charge in [0.1, 0.15) is 4.88 Å². The molecule has 2 N–H and O–H groups in total. The fraction of sp³-hybridized carbons (Fsp3) is 0.263. The number of fused-ring (bicyclic) bond motifs is 1. The Balaban J connectivity index is 0.00000210. The van der Waals surface area contributed by atoms with Crippen LogP contribution in [0.3, 0.4) is 0 Å². The van der Waals surface area contributed by atoms with E-state index in [0.717, 1.165) is 13.0 Å². The summed E-state index contributed by atoms with van der Waals surface area (Å²) >= 11 is 1.32. The zero-order chi connectivity index (χ0) is 17.9. The second-order valence-electron chi connectivity index (χ2n) is 6.17. The van der Waals surface area contributed by atoms with Gasteiger partial charge in [-0.3, -0.25) is 4.79 Å². The highest BCUT2D eigenvalue weighted by Crippen LogP contribution is 2.26. The second-order valence-corrected chi connectivity index (χ2v) is 7.17. The average Bonchev–Trinajstić information content (AvgIpc) is 3.08. The number of nitrogens with zero attached hydrogens (tertiary/aromatic N) is 3. The van der Waals surface area contributed by atoms with Crippen molar-refractivity contribution in [3.63, 3.8) is 0 Å². The topological polar surface area (TPSA) is 79.8 Å². The van der Waals surface area contributed by atoms with Crippen molar-refractivity contribution in [1.82, 2.24) is 25.6 Å². The molecule has 27 heavy (non-hydrogen) atoms. The highest BCUT2D eigenvalue weighted by molar-refractivity contribution is 7.17. The van der Waals surface area contributed by atoms with Gasteiger partial charge in [0, 0.05) is 25.0 Å². The molecule has 0 fully saturated rings. The molecule has 6 nitrogen and oxygen atoms in total. The Morgan fingerprint density at radius 1 is 1.26 bits per heavy atom. The van der Waals surface area contributed by atoms with E-state index in [2.05, 4.69) is 43.8 Å². The standard InChI is InChI=1S/C19H19N5OS.ClH/c1-12-16(26-19(24-12)17-21-8-4-9-22-17)18(25)23-11-15-14-6-3-2-5-13(14)7-10-20-15;/h2-6,8-9,15,20H,7,10-11H2,1H3,(H,23,25);1H. The van der Waals surface area contributed by atoms with Crippen LogP contribution < -0.4 is 10.6 Å². The molecule has 0 aliphatic carbocycles. The maximum absolute atomic E-state index is 12.7. The smallest absolute Gasteiger partial charge is 0.263 e. The zero-order valence-corrected chi connectivity index (χ0v) is 16.4. The minimum absolute atomic E-state index is 0. The largest absolute Gasteiger partial charge is 0.349 e. The van der Waals surface area contributed by atoms with Gasteiger partial charge in [-0.15, -0.1) is 23.7 Å². The Morgan fingerprint density at radius 3 is 2.85 bits per heavy atom. The molecule has 0 bridgehead atoms. The van der Waals surface area contributed by atoms with Crippen molar-refractivity contribution in [2.45, 2.75) is 19.4 Å². The summed E-state index contributed by atoms with van der Waals surface area (Å²) in [6.45, 7) is 3.31. The van der Waals surface area contributed by atoms with Crippen LogP contribution in [0.1, 0.15) is 32.5 Å². The van der Waals surface area contributed by atoms with Gasteiger partial charge in [-0.25, -0.2) is 15.0 Å². The summed E-state index contributed by atoms with van der Waals surface area (Å²) in [7, 11) is 0. The lowest BCUT2D eigenvalue weighted by Crippen LogP contribution is -2.38. The number of thiazole rings is 1. The van der Waals surface area contributed by atoms with E-state index in [-0.39, 0.29) is 24.4 Å². The third-order valence-corrected chi connectivity index (χ3v) is 5.59. The van der Waals surface area contributed by atoms with E-state index in [1.807, 2.05) is 13.0 Å². The summed E-state index contributed by atoms with van der Waals surface area (Å²) < 4.78 is 0. The van der Waals surface area contributed by atoms with E-state index in [1.54, 1.807) is 18.5 Å². The Morgan fingerprint density at radius 2 is 2.04 bits per heavy atom. The molecule has 1 unspecified atom stereocenters. The van der Waals surface area contributed by atoms with E-state index in [9.17, 15) is 4.79 Å². The van der Waals surface area contributed by atoms with Gasteiger partial charge in [0.2, 0.25) is 0 Å². The molecule has 1 atom stereocenters. The van der Waals surface area contributed by atoms with Gasteiger partial charge in [-0.1, -0.05) is 24.3 Å². The summed E-state index contributed by atoms with van der Waals surface area (Å²) in [5, 5.41) is 7.19. The van der Waals surface area contributed by atoms with Crippen molar-refractivity contribution in [2.75, 3.05) is 13.1 Å². The quantitative estimate of drug-likeness (QED) is 0.702. The SMILES string of the molecule is Cc1nc(-c2ncccn2)sc1C(=O)NCC1NCCc2ccccc21.Cl. The van der Waals surface area contributed by atoms with Crippen LogP contribution in [0.4, 0.5) is 0 Å². The van der Waals surface area contributed by atoms with Crippen LogP contribution in [0.15, 0.2) is 42.7 Å². The highest BCUT2D eigenvalue weighted by atomic mass is 35.5. The molecule has 1 aliphatic rings. The first-order valence-corrected chi connectivity index (χ1v) is 9.38. The Labute approximate surface area is 167 Å². The summed E-state index contributed by atoms with van der Waals surface area (Å²) in [5.41, 5.74) is 3.31. The normalized spacial score (nSPS) is 15.5. The molecule has 2 aromatic heterocycles. The molecule has 1 amide bonds. The van der Waals surface area contributed by atoms with Crippen LogP contribution >= 0.6 is 23.7 Å². The number of aromatic nitrogens is 3. The second kappa shape index (κ2) is 8.56. The van der Waals surface area contributed by atoms with Crippen molar-refractivity contribution >= 4 is 29.7 Å². The van der Waals surface area contributed by atoms with Crippen LogP contribution in [0.5, 0.6) is 0 Å². The number of aryl methyl sites for hydroxylation is 1. The van der Waals surface area contributed by atoms with E-state index in [4.69, 9.17) is 0 Å². The molecule has 4 rings (SSSR count). The lowest BCUT2D eigenvalue weighted by atomic mass is 9.94. The van der Waals surface area contributed by atoms with Crippen LogP contribution in [0.25, 0.3) is 10.8 Å². The fourth-order valence-electron chi connectivity index (χ4n) is 3.16. The number of amides is 1. The number of benzene rings is 1. The zero-order valence-electron chi connectivity index (χ0n) is 14.8. The Kier molecular flexibility index (Phi) is 6.15. The lowest BCUT2D eigenvalue weighted by Gasteiger charge is -2.27. The van der Waals surface area contributed by atoms with E-state index in [1.165, 1.54) is 22.5 Å². The molecule has 3 heterocycles. The first-order chi connectivity index (χ1) is 12.7. The van der Waals surface area contributed by atoms with E-state index in [0.29, 0.717) is 27.9 Å². The van der Waals surface area contributed by atoms with Crippen molar-refractivity contribution < 1.29 is 4.79 Å². The number of halogens is 1. The van der Waals surface area contributed by atoms with Gasteiger partial charge >= 0.3 is 0 Å². The predicted molar refractivity (Wildman–Crippen MR) is 108 cm³/mol. The van der Waals surface area contributed by atoms with Gasteiger partial charge in [0.05, 0.1) is 5.69 Å². The first-order valence-electron chi connectivity index (χ1n) is 8.56. The van der Waals surface area contributed by atoms with Gasteiger partial charge < -0.3 is 10.6 Å². The molecule has 0 spiro atoms. The molecular weight excluding hydrogens is 382 g/mol. The molecule has 1 aliphatic heterocycles. The summed E-state index contributed by atoms with van der Waals surface area (Å²) in [6.07, 6.45) is 4.37. The fourth-order valence-corrected chi connectivity index (χ4v) is 4.09. The molecule has 3 aromatic rings. The van der Waals surface area contributed by atoms with Crippen molar-refractivity contribution in [3.05, 3.63) is 64.4 Å². The summed E-state index contributed by atoms with van der Waals surface area (Å²) in [4.78, 5) is 26.1. The molecule has 8 heteroatoms. The first kappa shape index (κ1) is 19.4. The highest BCUT2D eigenvalue weighted by Gasteiger charge is 2.22. The Hall–Kier alpha value is -2.35. The van der Waals surface area contributed by atoms with Gasteiger partial charge in [0.15, 0.2) is 10.8 Å². The van der Waals surface area contributed by atoms with Crippen LogP contribution in [0, 0.1) is 6.92 Å². The van der Waals surface area contributed by atoms with Gasteiger partial charge in [-0.2, -0.15) is 0 Å². The summed E-state index contributed by atoms with van der Waals surface area (Å²) in [6, 6.07) is 10.3. The molecule has 0 radical (unpaired) electrons. The Bertz CT molecular complexity index is 931. The molecule has 0 saturated carbocycles. The van der Waals surface area contributed by atoms with Crippen molar-refractivity contribution in [3.8, 4) is 10.8 Å². The third kappa shape index (κ3) is 4.16. The number of rotatable bonds is 4. The average molecular weight is 402 g/mol. The maximum Gasteiger partial charge on any atom is 0.263 e. The van der Waals surface area contributed by atoms with E-state index >= 15 is 0 Å². The summed E-state index contributed by atoms with van der Waals surface area (Å²) in [5.74, 6) is 0.439. The third-order valence-electron chi connectivity index (χ3n) is 4.44.